The Balaban J connectivity index is 1.15. The third-order valence-corrected chi connectivity index (χ3v) is 6.05. The number of rotatable bonds is 6. The first-order valence-corrected chi connectivity index (χ1v) is 10.5. The average Bonchev–Trinajstić information content (AvgIpc) is 2.75. The first-order chi connectivity index (χ1) is 13.8. The molecule has 4 nitrogen and oxygen atoms in total. The second-order valence-electron chi connectivity index (χ2n) is 8.09. The van der Waals surface area contributed by atoms with E-state index in [4.69, 9.17) is 4.74 Å². The number of likely N-dealkylation sites (tertiary alicyclic amines) is 1. The molecule has 2 aliphatic heterocycles. The van der Waals surface area contributed by atoms with Crippen LogP contribution in [0.1, 0.15) is 24.0 Å². The van der Waals surface area contributed by atoms with Gasteiger partial charge in [0.25, 0.3) is 0 Å². The summed E-state index contributed by atoms with van der Waals surface area (Å²) in [6.45, 7) is 4.41. The zero-order valence-corrected chi connectivity index (χ0v) is 16.5. The number of benzene rings is 2. The number of nitrogens with zero attached hydrogens (tertiary/aromatic N) is 1. The van der Waals surface area contributed by atoms with Gasteiger partial charge in [0.05, 0.1) is 5.92 Å². The summed E-state index contributed by atoms with van der Waals surface area (Å²) in [5.41, 5.74) is 2.58. The number of piperidine rings is 1. The van der Waals surface area contributed by atoms with E-state index in [0.29, 0.717) is 6.61 Å². The Morgan fingerprint density at radius 1 is 1.04 bits per heavy atom. The monoisotopic (exact) mass is 378 g/mol. The molecule has 28 heavy (non-hydrogen) atoms. The molecule has 1 N–H and O–H groups in total. The standard InChI is InChI=1S/C24H30N2O2/c27-24(22-17-21-8-4-5-9-23(21)28-18-22)25-12-15-26-13-10-20(11-14-26)16-19-6-2-1-3-7-19/h1-9,20,22H,10-18H2,(H,25,27). The number of hydrogen-bond donors (Lipinski definition) is 1. The third kappa shape index (κ3) is 4.93. The molecule has 2 aliphatic rings. The van der Waals surface area contributed by atoms with Crippen LogP contribution in [0, 0.1) is 11.8 Å². The molecule has 4 rings (SSSR count). The minimum atomic E-state index is -0.0773. The molecule has 0 saturated carbocycles. The number of carbonyl (C=O) groups is 1. The van der Waals surface area contributed by atoms with Crippen molar-refractivity contribution >= 4 is 5.91 Å². The average molecular weight is 379 g/mol. The molecule has 148 valence electrons. The molecule has 0 aromatic heterocycles. The van der Waals surface area contributed by atoms with E-state index in [-0.39, 0.29) is 11.8 Å². The molecule has 0 bridgehead atoms. The molecule has 1 atom stereocenters. The Hall–Kier alpha value is -2.33. The van der Waals surface area contributed by atoms with E-state index in [0.717, 1.165) is 49.8 Å². The number of amides is 1. The van der Waals surface area contributed by atoms with Crippen molar-refractivity contribution in [3.8, 4) is 5.75 Å². The predicted octanol–water partition coefficient (Wildman–Crippen LogP) is 3.31. The molecule has 0 aliphatic carbocycles. The van der Waals surface area contributed by atoms with Gasteiger partial charge in [-0.25, -0.2) is 0 Å². The first-order valence-electron chi connectivity index (χ1n) is 10.5. The molecular formula is C24H30N2O2. The van der Waals surface area contributed by atoms with E-state index < -0.39 is 0 Å². The fraction of sp³-hybridized carbons (Fsp3) is 0.458. The Morgan fingerprint density at radius 3 is 2.61 bits per heavy atom. The molecule has 1 fully saturated rings. The molecule has 2 heterocycles. The minimum absolute atomic E-state index is 0.0773. The summed E-state index contributed by atoms with van der Waals surface area (Å²) in [6, 6.07) is 18.8. The highest BCUT2D eigenvalue weighted by Crippen LogP contribution is 2.27. The normalized spacial score (nSPS) is 20.2. The van der Waals surface area contributed by atoms with E-state index in [2.05, 4.69) is 40.5 Å². The molecule has 1 unspecified atom stereocenters. The highest BCUT2D eigenvalue weighted by atomic mass is 16.5. The zero-order chi connectivity index (χ0) is 19.2. The molecule has 2 aromatic rings. The van der Waals surface area contributed by atoms with Crippen molar-refractivity contribution in [3.05, 3.63) is 65.7 Å². The van der Waals surface area contributed by atoms with Crippen LogP contribution in [-0.2, 0) is 17.6 Å². The molecule has 1 amide bonds. The van der Waals surface area contributed by atoms with Crippen LogP contribution in [0.15, 0.2) is 54.6 Å². The van der Waals surface area contributed by atoms with Crippen molar-refractivity contribution in [2.24, 2.45) is 11.8 Å². The van der Waals surface area contributed by atoms with Crippen LogP contribution < -0.4 is 10.1 Å². The number of para-hydroxylation sites is 1. The lowest BCUT2D eigenvalue weighted by atomic mass is 9.90. The lowest BCUT2D eigenvalue weighted by Gasteiger charge is -2.32. The summed E-state index contributed by atoms with van der Waals surface area (Å²) in [4.78, 5) is 15.0. The number of nitrogens with one attached hydrogen (secondary N) is 1. The number of hydrogen-bond acceptors (Lipinski definition) is 3. The van der Waals surface area contributed by atoms with Crippen LogP contribution in [0.2, 0.25) is 0 Å². The molecule has 4 heteroatoms. The van der Waals surface area contributed by atoms with Crippen molar-refractivity contribution in [2.75, 3.05) is 32.8 Å². The maximum absolute atomic E-state index is 12.5. The van der Waals surface area contributed by atoms with Gasteiger partial charge in [-0.1, -0.05) is 48.5 Å². The van der Waals surface area contributed by atoms with Gasteiger partial charge in [0.15, 0.2) is 0 Å². The summed E-state index contributed by atoms with van der Waals surface area (Å²) in [5.74, 6) is 1.75. The summed E-state index contributed by atoms with van der Waals surface area (Å²) in [7, 11) is 0. The van der Waals surface area contributed by atoms with Gasteiger partial charge >= 0.3 is 0 Å². The van der Waals surface area contributed by atoms with Crippen molar-refractivity contribution < 1.29 is 9.53 Å². The quantitative estimate of drug-likeness (QED) is 0.839. The summed E-state index contributed by atoms with van der Waals surface area (Å²) < 4.78 is 5.74. The second kappa shape index (κ2) is 9.24. The second-order valence-corrected chi connectivity index (χ2v) is 8.09. The van der Waals surface area contributed by atoms with Crippen molar-refractivity contribution in [3.63, 3.8) is 0 Å². The zero-order valence-electron chi connectivity index (χ0n) is 16.5. The van der Waals surface area contributed by atoms with Crippen molar-refractivity contribution in [2.45, 2.75) is 25.7 Å². The molecule has 2 aromatic carbocycles. The molecular weight excluding hydrogens is 348 g/mol. The largest absolute Gasteiger partial charge is 0.492 e. The fourth-order valence-electron chi connectivity index (χ4n) is 4.34. The molecule has 1 saturated heterocycles. The Kier molecular flexibility index (Phi) is 6.27. The summed E-state index contributed by atoms with van der Waals surface area (Å²) >= 11 is 0. The number of carbonyl (C=O) groups excluding carboxylic acids is 1. The molecule has 0 spiro atoms. The maximum atomic E-state index is 12.5. The van der Waals surface area contributed by atoms with Gasteiger partial charge in [-0.2, -0.15) is 0 Å². The van der Waals surface area contributed by atoms with E-state index in [1.807, 2.05) is 24.3 Å². The van der Waals surface area contributed by atoms with E-state index in [1.165, 1.54) is 24.8 Å². The summed E-state index contributed by atoms with van der Waals surface area (Å²) in [6.07, 6.45) is 4.45. The number of fused-ring (bicyclic) bond motifs is 1. The molecule has 0 radical (unpaired) electrons. The van der Waals surface area contributed by atoms with Gasteiger partial charge in [0.2, 0.25) is 5.91 Å². The fourth-order valence-corrected chi connectivity index (χ4v) is 4.34. The topological polar surface area (TPSA) is 41.6 Å². The Bertz CT molecular complexity index is 769. The van der Waals surface area contributed by atoms with Gasteiger partial charge in [-0.05, 0) is 61.9 Å². The van der Waals surface area contributed by atoms with Gasteiger partial charge in [-0.15, -0.1) is 0 Å². The highest BCUT2D eigenvalue weighted by Gasteiger charge is 2.26. The predicted molar refractivity (Wildman–Crippen MR) is 111 cm³/mol. The Labute approximate surface area is 167 Å². The van der Waals surface area contributed by atoms with Gasteiger partial charge in [0.1, 0.15) is 12.4 Å². The van der Waals surface area contributed by atoms with Gasteiger partial charge in [0, 0.05) is 13.1 Å². The SMILES string of the molecule is O=C(NCCN1CCC(Cc2ccccc2)CC1)C1COc2ccccc2C1. The highest BCUT2D eigenvalue weighted by molar-refractivity contribution is 5.79. The van der Waals surface area contributed by atoms with Gasteiger partial charge < -0.3 is 15.0 Å². The van der Waals surface area contributed by atoms with E-state index in [1.54, 1.807) is 0 Å². The van der Waals surface area contributed by atoms with Crippen LogP contribution in [0.3, 0.4) is 0 Å². The van der Waals surface area contributed by atoms with Crippen LogP contribution in [0.5, 0.6) is 5.75 Å². The van der Waals surface area contributed by atoms with Crippen LogP contribution in [0.4, 0.5) is 0 Å². The summed E-state index contributed by atoms with van der Waals surface area (Å²) in [5, 5.41) is 3.12. The van der Waals surface area contributed by atoms with Crippen LogP contribution in [-0.4, -0.2) is 43.6 Å². The van der Waals surface area contributed by atoms with Crippen LogP contribution >= 0.6 is 0 Å². The third-order valence-electron chi connectivity index (χ3n) is 6.05. The minimum Gasteiger partial charge on any atom is -0.492 e. The lowest BCUT2D eigenvalue weighted by Crippen LogP contribution is -2.43. The number of ether oxygens (including phenoxy) is 1. The van der Waals surface area contributed by atoms with E-state index in [9.17, 15) is 4.79 Å². The first kappa shape index (κ1) is 19.0. The van der Waals surface area contributed by atoms with Gasteiger partial charge in [-0.3, -0.25) is 4.79 Å². The van der Waals surface area contributed by atoms with Crippen molar-refractivity contribution in [1.82, 2.24) is 10.2 Å². The smallest absolute Gasteiger partial charge is 0.226 e. The lowest BCUT2D eigenvalue weighted by molar-refractivity contribution is -0.126. The van der Waals surface area contributed by atoms with E-state index >= 15 is 0 Å². The maximum Gasteiger partial charge on any atom is 0.226 e. The Morgan fingerprint density at radius 2 is 1.79 bits per heavy atom. The van der Waals surface area contributed by atoms with Crippen molar-refractivity contribution in [1.29, 1.82) is 0 Å². The van der Waals surface area contributed by atoms with Crippen LogP contribution in [0.25, 0.3) is 0 Å².